The van der Waals surface area contributed by atoms with Crippen LogP contribution in [-0.4, -0.2) is 104 Å². The molecule has 0 aliphatic rings. The fourth-order valence-electron chi connectivity index (χ4n) is 1.73. The Labute approximate surface area is 135 Å². The topological polar surface area (TPSA) is 214 Å². The zero-order valence-corrected chi connectivity index (χ0v) is 12.6. The van der Waals surface area contributed by atoms with Gasteiger partial charge in [0.1, 0.15) is 26.2 Å². The first kappa shape index (κ1) is 21.6. The Kier molecular flexibility index (Phi) is 9.40. The monoisotopic (exact) mass is 352 g/mol. The first-order valence-corrected chi connectivity index (χ1v) is 6.44. The summed E-state index contributed by atoms with van der Waals surface area (Å²) in [6.45, 7) is -3.61. The number of hydrogen-bond acceptors (Lipinski definition) is 10. The van der Waals surface area contributed by atoms with E-state index < -0.39 is 50.1 Å². The number of carboxylic acid groups (broad SMARTS) is 4. The van der Waals surface area contributed by atoms with Gasteiger partial charge < -0.3 is 20.4 Å². The molecule has 0 aromatic carbocycles. The van der Waals surface area contributed by atoms with E-state index in [4.69, 9.17) is 32.1 Å². The number of hydrogen-bond donors (Lipinski definition) is 6. The van der Waals surface area contributed by atoms with Crippen LogP contribution in [0.3, 0.4) is 0 Å². The van der Waals surface area contributed by atoms with Crippen LogP contribution in [0, 0.1) is 0 Å². The van der Waals surface area contributed by atoms with Gasteiger partial charge in [-0.1, -0.05) is 0 Å². The van der Waals surface area contributed by atoms with Crippen molar-refractivity contribution in [2.75, 3.05) is 39.3 Å². The molecule has 0 aromatic heterocycles. The van der Waals surface area contributed by atoms with Crippen LogP contribution < -0.4 is 11.7 Å². The standard InChI is InChI=1S/C10H20N6O8/c11-15(12)1-2-16(13(3-7(17)18)4-8(19)20)14(5-9(21)22)6-10(23)24/h1-6,11-12H2,(H,17,18)(H,19,20)(H,21,22)(H,23,24). The molecular weight excluding hydrogens is 332 g/mol. The summed E-state index contributed by atoms with van der Waals surface area (Å²) in [6, 6.07) is 0. The Morgan fingerprint density at radius 3 is 1.12 bits per heavy atom. The van der Waals surface area contributed by atoms with Gasteiger partial charge in [0.15, 0.2) is 0 Å². The number of rotatable bonds is 13. The fourth-order valence-corrected chi connectivity index (χ4v) is 1.73. The predicted molar refractivity (Wildman–Crippen MR) is 75.5 cm³/mol. The molecule has 0 heterocycles. The number of hydrazine groups is 4. The van der Waals surface area contributed by atoms with Crippen molar-refractivity contribution in [1.82, 2.24) is 20.3 Å². The molecule has 0 unspecified atom stereocenters. The second-order valence-electron chi connectivity index (χ2n) is 4.55. The molecule has 8 N–H and O–H groups in total. The van der Waals surface area contributed by atoms with E-state index in [0.29, 0.717) is 5.12 Å². The molecule has 14 heteroatoms. The summed E-state index contributed by atoms with van der Waals surface area (Å²) in [5.41, 5.74) is 0. The first-order chi connectivity index (χ1) is 11.0. The summed E-state index contributed by atoms with van der Waals surface area (Å²) in [5.74, 6) is 4.86. The Morgan fingerprint density at radius 1 is 0.625 bits per heavy atom. The van der Waals surface area contributed by atoms with Gasteiger partial charge in [0, 0.05) is 13.1 Å². The molecule has 0 amide bonds. The normalized spacial score (nSPS) is 11.4. The summed E-state index contributed by atoms with van der Waals surface area (Å²) >= 11 is 0. The molecule has 0 fully saturated rings. The van der Waals surface area contributed by atoms with E-state index in [1.54, 1.807) is 0 Å². The van der Waals surface area contributed by atoms with Crippen LogP contribution in [0.25, 0.3) is 0 Å². The molecule has 0 bridgehead atoms. The maximum absolute atomic E-state index is 10.9. The summed E-state index contributed by atoms with van der Waals surface area (Å²) < 4.78 is 0. The lowest BCUT2D eigenvalue weighted by Crippen LogP contribution is -2.60. The van der Waals surface area contributed by atoms with E-state index in [1.807, 2.05) is 0 Å². The number of nitrogens with two attached hydrogens (primary N) is 2. The van der Waals surface area contributed by atoms with Crippen molar-refractivity contribution in [3.05, 3.63) is 0 Å². The van der Waals surface area contributed by atoms with Gasteiger partial charge in [-0.05, 0) is 0 Å². The highest BCUT2D eigenvalue weighted by atomic mass is 16.4. The molecule has 0 spiro atoms. The lowest BCUT2D eigenvalue weighted by molar-refractivity contribution is -0.204. The molecule has 0 aliphatic heterocycles. The highest BCUT2D eigenvalue weighted by Crippen LogP contribution is 2.05. The highest BCUT2D eigenvalue weighted by Gasteiger charge is 2.29. The van der Waals surface area contributed by atoms with Gasteiger partial charge in [-0.15, -0.1) is 0 Å². The predicted octanol–water partition coefficient (Wildman–Crippen LogP) is -3.89. The van der Waals surface area contributed by atoms with Crippen LogP contribution >= 0.6 is 0 Å². The average Bonchev–Trinajstić information content (AvgIpc) is 2.34. The summed E-state index contributed by atoms with van der Waals surface area (Å²) in [5, 5.41) is 38.7. The second kappa shape index (κ2) is 10.4. The lowest BCUT2D eigenvalue weighted by Gasteiger charge is -2.39. The van der Waals surface area contributed by atoms with Gasteiger partial charge in [-0.25, -0.2) is 10.0 Å². The van der Waals surface area contributed by atoms with Gasteiger partial charge >= 0.3 is 23.9 Å². The number of carbonyl (C=O) groups is 4. The van der Waals surface area contributed by atoms with Crippen LogP contribution in [0.5, 0.6) is 0 Å². The molecule has 24 heavy (non-hydrogen) atoms. The SMILES string of the molecule is NN(N)CCN(N(CC(=O)O)CC(=O)O)N(CC(=O)O)CC(=O)O. The van der Waals surface area contributed by atoms with Crippen molar-refractivity contribution in [3.8, 4) is 0 Å². The summed E-state index contributed by atoms with van der Waals surface area (Å²) in [4.78, 5) is 43.7. The Hall–Kier alpha value is -2.36. The van der Waals surface area contributed by atoms with E-state index in [2.05, 4.69) is 0 Å². The van der Waals surface area contributed by atoms with Gasteiger partial charge in [-0.2, -0.15) is 10.2 Å². The second-order valence-corrected chi connectivity index (χ2v) is 4.55. The average molecular weight is 352 g/mol. The van der Waals surface area contributed by atoms with E-state index in [1.165, 1.54) is 0 Å². The van der Waals surface area contributed by atoms with Crippen LogP contribution in [0.2, 0.25) is 0 Å². The summed E-state index contributed by atoms with van der Waals surface area (Å²) in [6.07, 6.45) is 0. The number of nitrogens with zero attached hydrogens (tertiary/aromatic N) is 4. The number of aliphatic carboxylic acids is 4. The van der Waals surface area contributed by atoms with E-state index in [9.17, 15) is 19.2 Å². The Morgan fingerprint density at radius 2 is 0.917 bits per heavy atom. The molecule has 0 aromatic rings. The number of carboxylic acids is 4. The van der Waals surface area contributed by atoms with Crippen molar-refractivity contribution in [1.29, 1.82) is 0 Å². The van der Waals surface area contributed by atoms with Gasteiger partial charge in [0.25, 0.3) is 0 Å². The van der Waals surface area contributed by atoms with E-state index >= 15 is 0 Å². The highest BCUT2D eigenvalue weighted by molar-refractivity contribution is 5.73. The minimum Gasteiger partial charge on any atom is -0.480 e. The lowest BCUT2D eigenvalue weighted by atomic mass is 10.5. The van der Waals surface area contributed by atoms with E-state index in [0.717, 1.165) is 15.1 Å². The van der Waals surface area contributed by atoms with Crippen LogP contribution in [0.1, 0.15) is 0 Å². The Balaban J connectivity index is 5.56. The van der Waals surface area contributed by atoms with Crippen molar-refractivity contribution < 1.29 is 39.6 Å². The largest absolute Gasteiger partial charge is 0.480 e. The molecule has 0 radical (unpaired) electrons. The zero-order chi connectivity index (χ0) is 18.9. The van der Waals surface area contributed by atoms with Crippen LogP contribution in [-0.2, 0) is 19.2 Å². The molecule has 14 nitrogen and oxygen atoms in total. The minimum absolute atomic E-state index is 0.133. The molecule has 0 saturated carbocycles. The molecule has 0 rings (SSSR count). The van der Waals surface area contributed by atoms with Crippen molar-refractivity contribution in [2.45, 2.75) is 0 Å². The van der Waals surface area contributed by atoms with Crippen LogP contribution in [0.15, 0.2) is 0 Å². The zero-order valence-electron chi connectivity index (χ0n) is 12.6. The first-order valence-electron chi connectivity index (χ1n) is 6.44. The van der Waals surface area contributed by atoms with Crippen molar-refractivity contribution >= 4 is 23.9 Å². The maximum atomic E-state index is 10.9. The summed E-state index contributed by atoms with van der Waals surface area (Å²) in [7, 11) is 0. The molecule has 0 atom stereocenters. The minimum atomic E-state index is -1.40. The maximum Gasteiger partial charge on any atom is 0.319 e. The molecule has 138 valence electrons. The van der Waals surface area contributed by atoms with Crippen molar-refractivity contribution in [3.63, 3.8) is 0 Å². The van der Waals surface area contributed by atoms with Crippen molar-refractivity contribution in [2.24, 2.45) is 11.7 Å². The van der Waals surface area contributed by atoms with Gasteiger partial charge in [-0.3, -0.25) is 30.9 Å². The smallest absolute Gasteiger partial charge is 0.319 e. The third-order valence-electron chi connectivity index (χ3n) is 2.48. The molecule has 0 aliphatic carbocycles. The molecular formula is C10H20N6O8. The van der Waals surface area contributed by atoms with Crippen LogP contribution in [0.4, 0.5) is 0 Å². The third kappa shape index (κ3) is 9.62. The third-order valence-corrected chi connectivity index (χ3v) is 2.48. The molecule has 0 saturated heterocycles. The quantitative estimate of drug-likeness (QED) is 0.138. The van der Waals surface area contributed by atoms with Gasteiger partial charge in [0.2, 0.25) is 0 Å². The fraction of sp³-hybridized carbons (Fsp3) is 0.600. The van der Waals surface area contributed by atoms with E-state index in [-0.39, 0.29) is 13.1 Å². The Bertz CT molecular complexity index is 404. The van der Waals surface area contributed by atoms with Gasteiger partial charge in [0.05, 0.1) is 0 Å².